The lowest BCUT2D eigenvalue weighted by atomic mass is 10.0. The SMILES string of the molecule is CCC(c1ccc(F)cc1)N1C(=O)[C@@H]2CC1CN2C[C@H](NC(=O)OC(C)(C)C)C(=O)N1CCC[C@H]1C#N. The van der Waals surface area contributed by atoms with Crippen LogP contribution in [0.25, 0.3) is 0 Å². The zero-order valence-electron chi connectivity index (χ0n) is 21.9. The summed E-state index contributed by atoms with van der Waals surface area (Å²) in [5, 5.41) is 12.2. The Labute approximate surface area is 217 Å². The summed E-state index contributed by atoms with van der Waals surface area (Å²) >= 11 is 0. The second kappa shape index (κ2) is 10.7. The number of likely N-dealkylation sites (tertiary alicyclic amines) is 3. The van der Waals surface area contributed by atoms with Gasteiger partial charge in [-0.2, -0.15) is 5.26 Å². The Morgan fingerprint density at radius 3 is 2.57 bits per heavy atom. The molecule has 37 heavy (non-hydrogen) atoms. The van der Waals surface area contributed by atoms with Crippen LogP contribution >= 0.6 is 0 Å². The highest BCUT2D eigenvalue weighted by Crippen LogP contribution is 2.39. The molecule has 3 heterocycles. The molecule has 1 aromatic rings. The van der Waals surface area contributed by atoms with Crippen LogP contribution in [-0.2, 0) is 14.3 Å². The lowest BCUT2D eigenvalue weighted by molar-refractivity contribution is -0.141. The highest BCUT2D eigenvalue weighted by Gasteiger charge is 2.52. The Morgan fingerprint density at radius 1 is 1.27 bits per heavy atom. The average molecular weight is 514 g/mol. The van der Waals surface area contributed by atoms with Crippen molar-refractivity contribution in [3.63, 3.8) is 0 Å². The predicted octanol–water partition coefficient (Wildman–Crippen LogP) is 2.97. The lowest BCUT2D eigenvalue weighted by Crippen LogP contribution is -2.59. The standard InChI is InChI=1S/C27H36FN5O4/c1-5-22(17-8-10-18(28)11-9-17)33-20-13-23(25(33)35)31(15-20)16-21(30-26(36)37-27(2,3)4)24(34)32-12-6-7-19(32)14-29/h8-11,19-23H,5-7,12-13,15-16H2,1-4H3,(H,30,36)/t19-,20?,21-,22?,23-/m0/s1. The van der Waals surface area contributed by atoms with Gasteiger partial charge < -0.3 is 19.9 Å². The number of ether oxygens (including phenoxy) is 1. The maximum absolute atomic E-state index is 13.5. The highest BCUT2D eigenvalue weighted by atomic mass is 19.1. The van der Waals surface area contributed by atoms with Gasteiger partial charge in [0.2, 0.25) is 11.8 Å². The summed E-state index contributed by atoms with van der Waals surface area (Å²) in [6, 6.07) is 6.39. The summed E-state index contributed by atoms with van der Waals surface area (Å²) in [4.78, 5) is 45.0. The van der Waals surface area contributed by atoms with Gasteiger partial charge in [0.15, 0.2) is 0 Å². The van der Waals surface area contributed by atoms with Crippen LogP contribution in [0.1, 0.15) is 65.0 Å². The minimum absolute atomic E-state index is 0.0213. The van der Waals surface area contributed by atoms with Crippen LogP contribution in [0, 0.1) is 17.1 Å². The number of nitrogens with zero attached hydrogens (tertiary/aromatic N) is 4. The zero-order chi connectivity index (χ0) is 26.9. The van der Waals surface area contributed by atoms with Gasteiger partial charge in [0.25, 0.3) is 0 Å². The number of rotatable bonds is 7. The Morgan fingerprint density at radius 2 is 1.97 bits per heavy atom. The largest absolute Gasteiger partial charge is 0.444 e. The molecule has 0 spiro atoms. The molecule has 9 nitrogen and oxygen atoms in total. The van der Waals surface area contributed by atoms with Gasteiger partial charge in [-0.05, 0) is 64.2 Å². The van der Waals surface area contributed by atoms with Crippen molar-refractivity contribution < 1.29 is 23.5 Å². The van der Waals surface area contributed by atoms with Crippen molar-refractivity contribution in [3.05, 3.63) is 35.6 Å². The molecule has 10 heteroatoms. The Kier molecular flexibility index (Phi) is 7.74. The van der Waals surface area contributed by atoms with Crippen LogP contribution in [0.15, 0.2) is 24.3 Å². The van der Waals surface area contributed by atoms with Crippen LogP contribution in [0.2, 0.25) is 0 Å². The summed E-state index contributed by atoms with van der Waals surface area (Å²) in [5.74, 6) is -0.671. The second-order valence-electron chi connectivity index (χ2n) is 11.1. The molecule has 3 fully saturated rings. The Hall–Kier alpha value is -3.19. The highest BCUT2D eigenvalue weighted by molar-refractivity contribution is 5.88. The molecule has 0 radical (unpaired) electrons. The molecule has 0 aliphatic carbocycles. The number of hydrogen-bond acceptors (Lipinski definition) is 6. The molecule has 5 atom stereocenters. The van der Waals surface area contributed by atoms with Crippen molar-refractivity contribution in [3.8, 4) is 6.07 Å². The summed E-state index contributed by atoms with van der Waals surface area (Å²) in [5.41, 5.74) is 0.159. The number of piperazine rings is 1. The van der Waals surface area contributed by atoms with Gasteiger partial charge in [0.05, 0.1) is 18.2 Å². The normalized spacial score (nSPS) is 25.2. The van der Waals surface area contributed by atoms with Crippen molar-refractivity contribution in [2.24, 2.45) is 0 Å². The number of halogens is 1. The fourth-order valence-electron chi connectivity index (χ4n) is 5.81. The number of hydrogen-bond donors (Lipinski definition) is 1. The van der Waals surface area contributed by atoms with Crippen molar-refractivity contribution >= 4 is 17.9 Å². The summed E-state index contributed by atoms with van der Waals surface area (Å²) in [7, 11) is 0. The third-order valence-corrected chi connectivity index (χ3v) is 7.38. The smallest absolute Gasteiger partial charge is 0.408 e. The van der Waals surface area contributed by atoms with E-state index in [1.54, 1.807) is 32.9 Å². The van der Waals surface area contributed by atoms with E-state index in [0.717, 1.165) is 12.0 Å². The summed E-state index contributed by atoms with van der Waals surface area (Å²) in [6.45, 7) is 8.41. The molecule has 3 amide bonds. The molecule has 2 bridgehead atoms. The van der Waals surface area contributed by atoms with Crippen LogP contribution < -0.4 is 5.32 Å². The molecule has 3 aliphatic rings. The van der Waals surface area contributed by atoms with Gasteiger partial charge >= 0.3 is 6.09 Å². The van der Waals surface area contributed by atoms with Crippen LogP contribution in [0.5, 0.6) is 0 Å². The number of amides is 3. The fraction of sp³-hybridized carbons (Fsp3) is 0.630. The zero-order valence-corrected chi connectivity index (χ0v) is 21.9. The number of carbonyl (C=O) groups is 3. The number of alkyl carbamates (subject to hydrolysis) is 1. The molecule has 200 valence electrons. The van der Waals surface area contributed by atoms with E-state index in [1.807, 2.05) is 16.7 Å². The van der Waals surface area contributed by atoms with E-state index in [1.165, 1.54) is 17.0 Å². The van der Waals surface area contributed by atoms with Crippen LogP contribution in [-0.4, -0.2) is 82.0 Å². The molecule has 1 aromatic carbocycles. The minimum atomic E-state index is -0.941. The Balaban J connectivity index is 1.49. The molecular weight excluding hydrogens is 477 g/mol. The maximum Gasteiger partial charge on any atom is 0.408 e. The lowest BCUT2D eigenvalue weighted by Gasteiger charge is -2.40. The molecule has 3 saturated heterocycles. The third kappa shape index (κ3) is 5.72. The molecule has 0 saturated carbocycles. The number of benzene rings is 1. The van der Waals surface area contributed by atoms with E-state index in [9.17, 15) is 24.0 Å². The number of nitrogens with one attached hydrogen (secondary N) is 1. The van der Waals surface area contributed by atoms with Gasteiger partial charge in [0.1, 0.15) is 23.5 Å². The van der Waals surface area contributed by atoms with Gasteiger partial charge in [-0.15, -0.1) is 0 Å². The van der Waals surface area contributed by atoms with E-state index in [2.05, 4.69) is 11.4 Å². The molecule has 1 N–H and O–H groups in total. The minimum Gasteiger partial charge on any atom is -0.444 e. The number of fused-ring (bicyclic) bond motifs is 2. The van der Waals surface area contributed by atoms with E-state index in [-0.39, 0.29) is 36.3 Å². The van der Waals surface area contributed by atoms with Crippen molar-refractivity contribution in [2.45, 2.75) is 89.2 Å². The summed E-state index contributed by atoms with van der Waals surface area (Å²) in [6.07, 6.45) is 1.96. The molecule has 4 rings (SSSR count). The molecular formula is C27H36FN5O4. The van der Waals surface area contributed by atoms with Gasteiger partial charge in [0, 0.05) is 25.7 Å². The Bertz CT molecular complexity index is 1070. The van der Waals surface area contributed by atoms with Gasteiger partial charge in [-0.3, -0.25) is 14.5 Å². The maximum atomic E-state index is 13.5. The van der Waals surface area contributed by atoms with Crippen molar-refractivity contribution in [2.75, 3.05) is 19.6 Å². The van der Waals surface area contributed by atoms with E-state index in [0.29, 0.717) is 32.4 Å². The van der Waals surface area contributed by atoms with E-state index < -0.39 is 29.8 Å². The molecule has 2 unspecified atom stereocenters. The first-order valence-electron chi connectivity index (χ1n) is 13.0. The topological polar surface area (TPSA) is 106 Å². The monoisotopic (exact) mass is 513 g/mol. The van der Waals surface area contributed by atoms with Gasteiger partial charge in [-0.25, -0.2) is 9.18 Å². The van der Waals surface area contributed by atoms with Crippen molar-refractivity contribution in [1.82, 2.24) is 20.0 Å². The molecule has 0 aromatic heterocycles. The van der Waals surface area contributed by atoms with Crippen LogP contribution in [0.3, 0.4) is 0 Å². The second-order valence-corrected chi connectivity index (χ2v) is 11.1. The average Bonchev–Trinajstić information content (AvgIpc) is 3.54. The van der Waals surface area contributed by atoms with Crippen LogP contribution in [0.4, 0.5) is 9.18 Å². The first-order chi connectivity index (χ1) is 17.5. The number of nitriles is 1. The summed E-state index contributed by atoms with van der Waals surface area (Å²) < 4.78 is 18.9. The van der Waals surface area contributed by atoms with Crippen molar-refractivity contribution in [1.29, 1.82) is 5.26 Å². The number of carbonyl (C=O) groups excluding carboxylic acids is 3. The van der Waals surface area contributed by atoms with E-state index in [4.69, 9.17) is 4.74 Å². The molecule has 3 aliphatic heterocycles. The third-order valence-electron chi connectivity index (χ3n) is 7.38. The van der Waals surface area contributed by atoms with Gasteiger partial charge in [-0.1, -0.05) is 19.1 Å². The quantitative estimate of drug-likeness (QED) is 0.601. The first-order valence-corrected chi connectivity index (χ1v) is 13.0. The first kappa shape index (κ1) is 26.9. The fourth-order valence-corrected chi connectivity index (χ4v) is 5.81. The predicted molar refractivity (Wildman–Crippen MR) is 134 cm³/mol. The van der Waals surface area contributed by atoms with E-state index >= 15 is 0 Å².